The van der Waals surface area contributed by atoms with Crippen molar-refractivity contribution in [2.45, 2.75) is 38.0 Å². The van der Waals surface area contributed by atoms with Crippen LogP contribution in [0.1, 0.15) is 30.1 Å². The van der Waals surface area contributed by atoms with Gasteiger partial charge in [-0.1, -0.05) is 42.5 Å². The van der Waals surface area contributed by atoms with Gasteiger partial charge in [0.25, 0.3) is 5.56 Å². The molecule has 1 amide bonds. The molecule has 7 heteroatoms. The highest BCUT2D eigenvalue weighted by atomic mass is 19.1. The number of aliphatic hydroxyl groups excluding tert-OH is 1. The van der Waals surface area contributed by atoms with Gasteiger partial charge in [-0.2, -0.15) is 0 Å². The van der Waals surface area contributed by atoms with Gasteiger partial charge in [0.2, 0.25) is 5.91 Å². The van der Waals surface area contributed by atoms with E-state index in [9.17, 15) is 19.1 Å². The number of aliphatic hydroxyl groups is 1. The van der Waals surface area contributed by atoms with Crippen molar-refractivity contribution < 1.29 is 14.3 Å². The van der Waals surface area contributed by atoms with Crippen LogP contribution >= 0.6 is 0 Å². The highest BCUT2D eigenvalue weighted by molar-refractivity contribution is 5.80. The molecule has 1 aromatic heterocycles. The summed E-state index contributed by atoms with van der Waals surface area (Å²) < 4.78 is 15.5. The van der Waals surface area contributed by atoms with E-state index >= 15 is 0 Å². The number of pyridine rings is 1. The standard InChI is InChI=1S/C29H30FN3O3/c30-21-8-4-5-19(13-21)14-31-28(35)26-23(17-34)25-16-33-24(27(26)32(25)15-18-9-10-18)12-11-22(29(33)36)20-6-2-1-3-7-20/h1-8,11-13,18,23,25-27,34H,9-10,14-17H2,(H,31,35)/t23-,25-,26+,27+/m0/s1. The van der Waals surface area contributed by atoms with Crippen molar-refractivity contribution >= 4 is 5.91 Å². The molecular formula is C29H30FN3O3. The zero-order chi connectivity index (χ0) is 24.8. The van der Waals surface area contributed by atoms with Crippen molar-refractivity contribution in [3.63, 3.8) is 0 Å². The number of nitrogens with one attached hydrogen (secondary N) is 1. The summed E-state index contributed by atoms with van der Waals surface area (Å²) in [5.74, 6) is -0.696. The van der Waals surface area contributed by atoms with Crippen molar-refractivity contribution in [2.75, 3.05) is 13.2 Å². The number of carbonyl (C=O) groups excluding carboxylic acids is 1. The van der Waals surface area contributed by atoms with Crippen LogP contribution in [0.5, 0.6) is 0 Å². The predicted octanol–water partition coefficient (Wildman–Crippen LogP) is 3.34. The van der Waals surface area contributed by atoms with Gasteiger partial charge in [-0.05, 0) is 54.2 Å². The molecule has 6 nitrogen and oxygen atoms in total. The van der Waals surface area contributed by atoms with Crippen molar-refractivity contribution in [1.82, 2.24) is 14.8 Å². The predicted molar refractivity (Wildman–Crippen MR) is 134 cm³/mol. The molecule has 4 atom stereocenters. The van der Waals surface area contributed by atoms with Gasteiger partial charge >= 0.3 is 0 Å². The third-order valence-electron chi connectivity index (χ3n) is 8.08. The van der Waals surface area contributed by atoms with Gasteiger partial charge in [-0.15, -0.1) is 0 Å². The molecule has 3 aliphatic rings. The summed E-state index contributed by atoms with van der Waals surface area (Å²) in [6.45, 7) is 1.41. The van der Waals surface area contributed by atoms with Crippen LogP contribution in [0.15, 0.2) is 71.5 Å². The maximum absolute atomic E-state index is 13.6. The Labute approximate surface area is 209 Å². The van der Waals surface area contributed by atoms with Gasteiger partial charge in [-0.25, -0.2) is 4.39 Å². The highest BCUT2D eigenvalue weighted by Gasteiger charge is 2.56. The van der Waals surface area contributed by atoms with Crippen molar-refractivity contribution in [1.29, 1.82) is 0 Å². The number of fused-ring (bicyclic) bond motifs is 4. The second-order valence-electron chi connectivity index (χ2n) is 10.3. The minimum atomic E-state index is -0.497. The maximum Gasteiger partial charge on any atom is 0.258 e. The molecule has 2 aliphatic heterocycles. The van der Waals surface area contributed by atoms with E-state index in [1.165, 1.54) is 25.0 Å². The minimum absolute atomic E-state index is 0.0581. The molecule has 1 aliphatic carbocycles. The van der Waals surface area contributed by atoms with Crippen LogP contribution in [0.25, 0.3) is 11.1 Å². The number of amides is 1. The smallest absolute Gasteiger partial charge is 0.258 e. The lowest BCUT2D eigenvalue weighted by molar-refractivity contribution is -0.127. The van der Waals surface area contributed by atoms with E-state index < -0.39 is 5.92 Å². The lowest BCUT2D eigenvalue weighted by Gasteiger charge is -2.38. The van der Waals surface area contributed by atoms with Crippen LogP contribution < -0.4 is 10.9 Å². The fourth-order valence-corrected chi connectivity index (χ4v) is 6.16. The third kappa shape index (κ3) is 4.06. The Bertz CT molecular complexity index is 1340. The lowest BCUT2D eigenvalue weighted by Crippen LogP contribution is -2.47. The van der Waals surface area contributed by atoms with Crippen molar-refractivity contribution in [3.05, 3.63) is 94.2 Å². The Balaban J connectivity index is 1.36. The van der Waals surface area contributed by atoms with Crippen molar-refractivity contribution in [3.8, 4) is 11.1 Å². The van der Waals surface area contributed by atoms with Gasteiger partial charge in [-0.3, -0.25) is 14.5 Å². The van der Waals surface area contributed by atoms with E-state index in [1.54, 1.807) is 12.1 Å². The molecular weight excluding hydrogens is 457 g/mol. The number of nitrogens with zero attached hydrogens (tertiary/aromatic N) is 2. The summed E-state index contributed by atoms with van der Waals surface area (Å²) in [6.07, 6.45) is 2.35. The normalized spacial score (nSPS) is 24.9. The first-order chi connectivity index (χ1) is 17.5. The molecule has 2 N–H and O–H groups in total. The molecule has 0 unspecified atom stereocenters. The van der Waals surface area contributed by atoms with E-state index in [0.717, 1.165) is 17.8 Å². The number of hydrogen-bond donors (Lipinski definition) is 2. The first kappa shape index (κ1) is 23.1. The molecule has 3 aromatic rings. The Morgan fingerprint density at radius 1 is 1.06 bits per heavy atom. The number of hydrogen-bond acceptors (Lipinski definition) is 4. The quantitative estimate of drug-likeness (QED) is 0.536. The topological polar surface area (TPSA) is 74.6 Å². The van der Waals surface area contributed by atoms with Gasteiger partial charge in [0, 0.05) is 49.5 Å². The van der Waals surface area contributed by atoms with Gasteiger partial charge in [0.05, 0.1) is 12.0 Å². The Kier molecular flexibility index (Phi) is 5.97. The molecule has 186 valence electrons. The number of benzene rings is 2. The summed E-state index contributed by atoms with van der Waals surface area (Å²) in [6, 6.07) is 19.3. The van der Waals surface area contributed by atoms with Crippen LogP contribution in [0.4, 0.5) is 4.39 Å². The van der Waals surface area contributed by atoms with Gasteiger partial charge < -0.3 is 15.0 Å². The molecule has 0 radical (unpaired) electrons. The largest absolute Gasteiger partial charge is 0.396 e. The first-order valence-electron chi connectivity index (χ1n) is 12.7. The molecule has 3 heterocycles. The van der Waals surface area contributed by atoms with Crippen LogP contribution in [0.2, 0.25) is 0 Å². The summed E-state index contributed by atoms with van der Waals surface area (Å²) in [4.78, 5) is 29.6. The maximum atomic E-state index is 13.6. The summed E-state index contributed by atoms with van der Waals surface area (Å²) in [5.41, 5.74) is 2.97. The number of halogens is 1. The summed E-state index contributed by atoms with van der Waals surface area (Å²) >= 11 is 0. The van der Waals surface area contributed by atoms with Crippen LogP contribution in [0, 0.1) is 23.6 Å². The molecule has 2 fully saturated rings. The van der Waals surface area contributed by atoms with Gasteiger partial charge in [0.1, 0.15) is 5.82 Å². The average molecular weight is 488 g/mol. The Morgan fingerprint density at radius 2 is 1.86 bits per heavy atom. The monoisotopic (exact) mass is 487 g/mol. The number of rotatable bonds is 7. The van der Waals surface area contributed by atoms with Gasteiger partial charge in [0.15, 0.2) is 0 Å². The zero-order valence-electron chi connectivity index (χ0n) is 20.0. The van der Waals surface area contributed by atoms with Crippen LogP contribution in [-0.2, 0) is 17.9 Å². The van der Waals surface area contributed by atoms with E-state index in [4.69, 9.17) is 0 Å². The zero-order valence-corrected chi connectivity index (χ0v) is 20.0. The van der Waals surface area contributed by atoms with E-state index in [-0.39, 0.29) is 48.4 Å². The molecule has 36 heavy (non-hydrogen) atoms. The molecule has 6 rings (SSSR count). The summed E-state index contributed by atoms with van der Waals surface area (Å²) in [7, 11) is 0. The van der Waals surface area contributed by atoms with Crippen LogP contribution in [0.3, 0.4) is 0 Å². The SMILES string of the molecule is O=C(NCc1cccc(F)c1)[C@@H]1[C@@H](CO)[C@@H]2Cn3c(ccc(-c4ccccc4)c3=O)[C@H]1N2CC1CC1. The fourth-order valence-electron chi connectivity index (χ4n) is 6.16. The third-order valence-corrected chi connectivity index (χ3v) is 8.08. The second-order valence-corrected chi connectivity index (χ2v) is 10.3. The van der Waals surface area contributed by atoms with E-state index in [0.29, 0.717) is 23.6 Å². The Hall–Kier alpha value is -3.29. The number of carbonyl (C=O) groups is 1. The van der Waals surface area contributed by atoms with E-state index in [1.807, 2.05) is 47.0 Å². The first-order valence-corrected chi connectivity index (χ1v) is 12.7. The second kappa shape index (κ2) is 9.30. The lowest BCUT2D eigenvalue weighted by atomic mass is 9.86. The van der Waals surface area contributed by atoms with Crippen LogP contribution in [-0.4, -0.2) is 39.7 Å². The molecule has 2 aromatic carbocycles. The van der Waals surface area contributed by atoms with E-state index in [2.05, 4.69) is 10.2 Å². The molecule has 1 saturated carbocycles. The highest BCUT2D eigenvalue weighted by Crippen LogP contribution is 2.50. The minimum Gasteiger partial charge on any atom is -0.396 e. The number of aromatic nitrogens is 1. The molecule has 1 saturated heterocycles. The van der Waals surface area contributed by atoms with Crippen molar-refractivity contribution in [2.24, 2.45) is 17.8 Å². The Morgan fingerprint density at radius 3 is 2.58 bits per heavy atom. The molecule has 2 bridgehead atoms. The fraction of sp³-hybridized carbons (Fsp3) is 0.379. The average Bonchev–Trinajstić information content (AvgIpc) is 3.68. The molecule has 0 spiro atoms. The summed E-state index contributed by atoms with van der Waals surface area (Å²) in [5, 5.41) is 13.4.